The standard InChI is InChI=1S/C29H22F6O10S3.2CH4O3S/c1-17-3-12-22(15-25(17)47(38,39)40)46(36,37)23-13-14-24(26(16-23)48(41,42)43)45-21-10-6-19(7-11-21)27(28(30,31)32,29(33,34)35)18-4-8-20(44-2)9-5-18;2*1-5(2,3)4/h3-16H,1-2H3,(H,38,39,40)(H,41,42,43);2*1H3,(H,2,3,4). The van der Waals surface area contributed by atoms with Crippen LogP contribution in [0.1, 0.15) is 16.7 Å². The third-order valence-electron chi connectivity index (χ3n) is 7.14. The van der Waals surface area contributed by atoms with Gasteiger partial charge in [0.05, 0.1) is 34.3 Å². The van der Waals surface area contributed by atoms with Crippen LogP contribution in [0.4, 0.5) is 26.3 Å². The average molecular weight is 933 g/mol. The molecule has 0 bridgehead atoms. The molecule has 322 valence electrons. The molecule has 0 spiro atoms. The van der Waals surface area contributed by atoms with E-state index in [2.05, 4.69) is 0 Å². The van der Waals surface area contributed by atoms with Crippen molar-refractivity contribution in [2.75, 3.05) is 19.6 Å². The highest BCUT2D eigenvalue weighted by molar-refractivity contribution is 7.91. The first-order chi connectivity index (χ1) is 25.9. The van der Waals surface area contributed by atoms with Gasteiger partial charge in [-0.15, -0.1) is 0 Å². The van der Waals surface area contributed by atoms with Gasteiger partial charge in [-0.1, -0.05) is 30.3 Å². The number of hydrogen-bond acceptors (Lipinski definition) is 12. The van der Waals surface area contributed by atoms with Gasteiger partial charge in [-0.3, -0.25) is 18.2 Å². The van der Waals surface area contributed by atoms with E-state index in [9.17, 15) is 77.5 Å². The molecule has 0 heterocycles. The van der Waals surface area contributed by atoms with Crippen LogP contribution in [0.2, 0.25) is 0 Å². The second-order valence-electron chi connectivity index (χ2n) is 11.6. The summed E-state index contributed by atoms with van der Waals surface area (Å²) in [6, 6.07) is 9.91. The average Bonchev–Trinajstić information content (AvgIpc) is 3.02. The maximum absolute atomic E-state index is 14.4. The van der Waals surface area contributed by atoms with Crippen LogP contribution in [0.5, 0.6) is 17.2 Å². The Bertz CT molecular complexity index is 2620. The van der Waals surface area contributed by atoms with Crippen LogP contribution in [0.25, 0.3) is 0 Å². The Balaban J connectivity index is 0.00000103. The van der Waals surface area contributed by atoms with Crippen LogP contribution in [-0.2, 0) is 55.7 Å². The highest BCUT2D eigenvalue weighted by atomic mass is 32.2. The van der Waals surface area contributed by atoms with Crippen molar-refractivity contribution in [1.82, 2.24) is 0 Å². The minimum atomic E-state index is -5.92. The molecule has 4 aromatic rings. The second-order valence-corrected chi connectivity index (χ2v) is 19.2. The number of rotatable bonds is 9. The number of sulfone groups is 1. The van der Waals surface area contributed by atoms with Crippen molar-refractivity contribution in [3.63, 3.8) is 0 Å². The molecule has 0 fully saturated rings. The molecule has 4 rings (SSSR count). The molecule has 0 saturated heterocycles. The summed E-state index contributed by atoms with van der Waals surface area (Å²) >= 11 is 0. The number of hydrogen-bond donors (Lipinski definition) is 4. The van der Waals surface area contributed by atoms with Crippen LogP contribution in [0, 0.1) is 6.92 Å². The molecule has 0 aliphatic carbocycles. The summed E-state index contributed by atoms with van der Waals surface area (Å²) in [5.41, 5.74) is -7.00. The smallest absolute Gasteiger partial charge is 0.411 e. The van der Waals surface area contributed by atoms with Gasteiger partial charge in [0.1, 0.15) is 22.1 Å². The molecule has 0 aromatic heterocycles. The summed E-state index contributed by atoms with van der Waals surface area (Å²) < 4.78 is 242. The quantitative estimate of drug-likeness (QED) is 0.118. The number of halogens is 6. The van der Waals surface area contributed by atoms with Gasteiger partial charge in [0.2, 0.25) is 15.3 Å². The lowest BCUT2D eigenvalue weighted by Gasteiger charge is -2.38. The molecule has 4 aromatic carbocycles. The third kappa shape index (κ3) is 12.8. The van der Waals surface area contributed by atoms with Crippen molar-refractivity contribution in [2.24, 2.45) is 0 Å². The van der Waals surface area contributed by atoms with Crippen molar-refractivity contribution in [3.05, 3.63) is 102 Å². The first-order valence-electron chi connectivity index (χ1n) is 14.8. The Morgan fingerprint density at radius 2 is 0.862 bits per heavy atom. The molecular weight excluding hydrogens is 903 g/mol. The molecule has 0 aliphatic rings. The molecule has 0 radical (unpaired) electrons. The summed E-state index contributed by atoms with van der Waals surface area (Å²) in [6.07, 6.45) is -10.4. The van der Waals surface area contributed by atoms with E-state index in [4.69, 9.17) is 18.6 Å². The maximum Gasteiger partial charge on any atom is 0.411 e. The van der Waals surface area contributed by atoms with Gasteiger partial charge < -0.3 is 9.47 Å². The molecule has 0 amide bonds. The lowest BCUT2D eigenvalue weighted by Crippen LogP contribution is -2.54. The van der Waals surface area contributed by atoms with Crippen LogP contribution in [0.3, 0.4) is 0 Å². The van der Waals surface area contributed by atoms with Crippen LogP contribution in [0.15, 0.2) is 105 Å². The van der Waals surface area contributed by atoms with Gasteiger partial charge in [-0.25, -0.2) is 8.42 Å². The van der Waals surface area contributed by atoms with Crippen molar-refractivity contribution in [3.8, 4) is 17.2 Å². The van der Waals surface area contributed by atoms with Crippen LogP contribution >= 0.6 is 0 Å². The Labute approximate surface area is 328 Å². The number of alkyl halides is 6. The normalized spacial score (nSPS) is 13.0. The predicted molar refractivity (Wildman–Crippen MR) is 190 cm³/mol. The van der Waals surface area contributed by atoms with E-state index in [1.54, 1.807) is 0 Å². The molecule has 0 saturated carbocycles. The van der Waals surface area contributed by atoms with Gasteiger partial charge in [0.15, 0.2) is 0 Å². The lowest BCUT2D eigenvalue weighted by molar-refractivity contribution is -0.288. The Morgan fingerprint density at radius 3 is 1.21 bits per heavy atom. The van der Waals surface area contributed by atoms with Crippen molar-refractivity contribution in [1.29, 1.82) is 0 Å². The molecule has 0 atom stereocenters. The van der Waals surface area contributed by atoms with E-state index in [0.717, 1.165) is 36.4 Å². The summed E-state index contributed by atoms with van der Waals surface area (Å²) in [4.78, 5) is -3.43. The summed E-state index contributed by atoms with van der Waals surface area (Å²) in [5.74, 6) is -1.29. The van der Waals surface area contributed by atoms with Gasteiger partial charge in [-0.05, 0) is 78.2 Å². The maximum atomic E-state index is 14.4. The molecule has 58 heavy (non-hydrogen) atoms. The fraction of sp³-hybridized carbons (Fsp3) is 0.226. The topological polar surface area (TPSA) is 270 Å². The lowest BCUT2D eigenvalue weighted by atomic mass is 9.73. The Hall–Kier alpha value is -4.35. The molecule has 0 aliphatic heterocycles. The summed E-state index contributed by atoms with van der Waals surface area (Å²) in [5, 5.41) is 0. The number of aryl methyl sites for hydroxylation is 1. The van der Waals surface area contributed by atoms with Crippen molar-refractivity contribution < 1.29 is 96.1 Å². The van der Waals surface area contributed by atoms with Gasteiger partial charge in [-0.2, -0.15) is 60.0 Å². The molecule has 16 nitrogen and oxygen atoms in total. The largest absolute Gasteiger partial charge is 0.497 e. The highest BCUT2D eigenvalue weighted by Gasteiger charge is 2.72. The van der Waals surface area contributed by atoms with Crippen molar-refractivity contribution in [2.45, 2.75) is 44.3 Å². The van der Waals surface area contributed by atoms with Gasteiger partial charge in [0.25, 0.3) is 40.5 Å². The fourth-order valence-electron chi connectivity index (χ4n) is 4.83. The van der Waals surface area contributed by atoms with E-state index < -0.39 is 110 Å². The number of methoxy groups -OCH3 is 1. The van der Waals surface area contributed by atoms with Crippen LogP contribution in [-0.4, -0.2) is 92.3 Å². The third-order valence-corrected chi connectivity index (χ3v) is 10.8. The SMILES string of the molecule is COc1ccc(C(c2ccc(Oc3ccc(S(=O)(=O)c4ccc(C)c(S(=O)(=O)O)c4)cc3S(=O)(=O)O)cc2)(C(F)(F)F)C(F)(F)F)cc1.CS(=O)(=O)O.CS(=O)(=O)O. The van der Waals surface area contributed by atoms with E-state index in [1.807, 2.05) is 0 Å². The second kappa shape index (κ2) is 17.5. The number of ether oxygens (including phenoxy) is 2. The summed E-state index contributed by atoms with van der Waals surface area (Å²) in [6.45, 7) is 1.26. The van der Waals surface area contributed by atoms with Crippen LogP contribution < -0.4 is 9.47 Å². The molecule has 27 heteroatoms. The zero-order valence-corrected chi connectivity index (χ0v) is 33.7. The Morgan fingerprint density at radius 1 is 0.517 bits per heavy atom. The first kappa shape index (κ1) is 49.8. The van der Waals surface area contributed by atoms with E-state index in [-0.39, 0.29) is 11.3 Å². The zero-order chi connectivity index (χ0) is 45.1. The monoisotopic (exact) mass is 932 g/mol. The first-order valence-corrected chi connectivity index (χ1v) is 22.9. The fourth-order valence-corrected chi connectivity index (χ4v) is 7.68. The molecular formula is C31H30F6O16S5. The zero-order valence-electron chi connectivity index (χ0n) is 29.6. The molecule has 4 N–H and O–H groups in total. The summed E-state index contributed by atoms with van der Waals surface area (Å²) in [7, 11) is -21.1. The molecule has 0 unspecified atom stereocenters. The van der Waals surface area contributed by atoms with E-state index in [0.29, 0.717) is 61.0 Å². The predicted octanol–water partition coefficient (Wildman–Crippen LogP) is 5.54. The highest BCUT2D eigenvalue weighted by Crippen LogP contribution is 2.56. The minimum absolute atomic E-state index is 0.00377. The van der Waals surface area contributed by atoms with Crippen molar-refractivity contribution >= 4 is 50.3 Å². The van der Waals surface area contributed by atoms with Gasteiger partial charge in [0, 0.05) is 0 Å². The Kier molecular flexibility index (Phi) is 15.0. The van der Waals surface area contributed by atoms with Gasteiger partial charge >= 0.3 is 12.4 Å². The van der Waals surface area contributed by atoms with E-state index >= 15 is 0 Å². The van der Waals surface area contributed by atoms with E-state index in [1.165, 1.54) is 14.0 Å². The minimum Gasteiger partial charge on any atom is -0.497 e. The number of benzene rings is 4.